The van der Waals surface area contributed by atoms with Crippen molar-refractivity contribution >= 4 is 17.5 Å². The maximum Gasteiger partial charge on any atom is 0.227 e. The lowest BCUT2D eigenvalue weighted by molar-refractivity contribution is -0.121. The van der Waals surface area contributed by atoms with Crippen LogP contribution in [0.15, 0.2) is 18.2 Å². The predicted molar refractivity (Wildman–Crippen MR) is 86.9 cm³/mol. The van der Waals surface area contributed by atoms with Crippen LogP contribution in [0.4, 0.5) is 5.69 Å². The molecule has 1 aliphatic carbocycles. The molecular weight excluding hydrogens is 276 g/mol. The highest BCUT2D eigenvalue weighted by Crippen LogP contribution is 2.27. The molecule has 3 rings (SSSR count). The number of hydrogen-bond donors (Lipinski definition) is 1. The molecule has 1 aliphatic heterocycles. The van der Waals surface area contributed by atoms with Crippen molar-refractivity contribution in [3.8, 4) is 0 Å². The van der Waals surface area contributed by atoms with E-state index in [2.05, 4.69) is 11.4 Å². The summed E-state index contributed by atoms with van der Waals surface area (Å²) in [5.41, 5.74) is 3.19. The first kappa shape index (κ1) is 15.1. The number of aryl methyl sites for hydroxylation is 1. The van der Waals surface area contributed by atoms with Gasteiger partial charge in [-0.2, -0.15) is 0 Å². The van der Waals surface area contributed by atoms with E-state index in [1.165, 1.54) is 24.8 Å². The fraction of sp³-hybridized carbons (Fsp3) is 0.556. The van der Waals surface area contributed by atoms with E-state index in [4.69, 9.17) is 0 Å². The lowest BCUT2D eigenvalue weighted by Crippen LogP contribution is -2.37. The molecule has 2 aliphatic rings. The summed E-state index contributed by atoms with van der Waals surface area (Å²) in [6.45, 7) is 0. The fourth-order valence-corrected chi connectivity index (χ4v) is 3.53. The number of carbonyl (C=O) groups is 2. The SMILES string of the molecule is CN1C(=O)CCc2cc(CC(=O)NC3CCCCC3)ccc21. The van der Waals surface area contributed by atoms with E-state index >= 15 is 0 Å². The fourth-order valence-electron chi connectivity index (χ4n) is 3.53. The largest absolute Gasteiger partial charge is 0.353 e. The van der Waals surface area contributed by atoms with Gasteiger partial charge >= 0.3 is 0 Å². The Morgan fingerprint density at radius 1 is 1.23 bits per heavy atom. The second-order valence-electron chi connectivity index (χ2n) is 6.50. The molecule has 22 heavy (non-hydrogen) atoms. The summed E-state index contributed by atoms with van der Waals surface area (Å²) in [4.78, 5) is 25.6. The zero-order chi connectivity index (χ0) is 15.5. The van der Waals surface area contributed by atoms with E-state index in [1.807, 2.05) is 19.2 Å². The molecule has 2 amide bonds. The van der Waals surface area contributed by atoms with Gasteiger partial charge in [0.2, 0.25) is 11.8 Å². The number of amides is 2. The zero-order valence-corrected chi connectivity index (χ0v) is 13.2. The number of anilines is 1. The molecule has 0 spiro atoms. The van der Waals surface area contributed by atoms with Crippen molar-refractivity contribution in [3.05, 3.63) is 29.3 Å². The molecule has 1 fully saturated rings. The summed E-state index contributed by atoms with van der Waals surface area (Å²) >= 11 is 0. The minimum Gasteiger partial charge on any atom is -0.353 e. The Bertz CT molecular complexity index is 576. The van der Waals surface area contributed by atoms with Gasteiger partial charge in [-0.1, -0.05) is 31.4 Å². The van der Waals surface area contributed by atoms with Gasteiger partial charge in [-0.05, 0) is 36.5 Å². The van der Waals surface area contributed by atoms with Gasteiger partial charge in [-0.25, -0.2) is 0 Å². The molecule has 1 saturated carbocycles. The molecule has 4 nitrogen and oxygen atoms in total. The van der Waals surface area contributed by atoms with Crippen molar-refractivity contribution in [2.45, 2.75) is 57.4 Å². The summed E-state index contributed by atoms with van der Waals surface area (Å²) in [5.74, 6) is 0.280. The quantitative estimate of drug-likeness (QED) is 0.933. The van der Waals surface area contributed by atoms with Gasteiger partial charge < -0.3 is 10.2 Å². The summed E-state index contributed by atoms with van der Waals surface area (Å²) in [6, 6.07) is 6.38. The van der Waals surface area contributed by atoms with E-state index in [9.17, 15) is 9.59 Å². The van der Waals surface area contributed by atoms with Crippen molar-refractivity contribution in [2.24, 2.45) is 0 Å². The van der Waals surface area contributed by atoms with Crippen LogP contribution in [-0.4, -0.2) is 24.9 Å². The van der Waals surface area contributed by atoms with Crippen LogP contribution in [0.5, 0.6) is 0 Å². The van der Waals surface area contributed by atoms with Crippen LogP contribution >= 0.6 is 0 Å². The Kier molecular flexibility index (Phi) is 4.46. The maximum atomic E-state index is 12.2. The number of nitrogens with zero attached hydrogens (tertiary/aromatic N) is 1. The lowest BCUT2D eigenvalue weighted by Gasteiger charge is -2.26. The van der Waals surface area contributed by atoms with Gasteiger partial charge in [0, 0.05) is 25.2 Å². The second-order valence-corrected chi connectivity index (χ2v) is 6.50. The Balaban J connectivity index is 1.63. The van der Waals surface area contributed by atoms with Crippen LogP contribution in [0.1, 0.15) is 49.7 Å². The van der Waals surface area contributed by atoms with Gasteiger partial charge in [0.05, 0.1) is 6.42 Å². The smallest absolute Gasteiger partial charge is 0.227 e. The summed E-state index contributed by atoms with van der Waals surface area (Å²) in [5, 5.41) is 3.16. The molecule has 118 valence electrons. The molecular formula is C18H24N2O2. The monoisotopic (exact) mass is 300 g/mol. The van der Waals surface area contributed by atoms with Crippen molar-refractivity contribution in [1.82, 2.24) is 5.32 Å². The number of fused-ring (bicyclic) bond motifs is 1. The van der Waals surface area contributed by atoms with Crippen molar-refractivity contribution < 1.29 is 9.59 Å². The van der Waals surface area contributed by atoms with E-state index in [-0.39, 0.29) is 11.8 Å². The maximum absolute atomic E-state index is 12.2. The molecule has 1 aromatic carbocycles. The van der Waals surface area contributed by atoms with Gasteiger partial charge in [-0.3, -0.25) is 9.59 Å². The number of benzene rings is 1. The molecule has 4 heteroatoms. The third-order valence-corrected chi connectivity index (χ3v) is 4.82. The molecule has 0 aromatic heterocycles. The number of nitrogens with one attached hydrogen (secondary N) is 1. The van der Waals surface area contributed by atoms with Gasteiger partial charge in [0.1, 0.15) is 0 Å². The van der Waals surface area contributed by atoms with E-state index in [0.717, 1.165) is 30.5 Å². The van der Waals surface area contributed by atoms with E-state index in [1.54, 1.807) is 4.90 Å². The first-order chi connectivity index (χ1) is 10.6. The van der Waals surface area contributed by atoms with Crippen LogP contribution in [0.2, 0.25) is 0 Å². The first-order valence-corrected chi connectivity index (χ1v) is 8.31. The summed E-state index contributed by atoms with van der Waals surface area (Å²) in [7, 11) is 1.82. The topological polar surface area (TPSA) is 49.4 Å². The first-order valence-electron chi connectivity index (χ1n) is 8.31. The summed E-state index contributed by atoms with van der Waals surface area (Å²) < 4.78 is 0. The van der Waals surface area contributed by atoms with Crippen LogP contribution in [-0.2, 0) is 22.4 Å². The minimum absolute atomic E-state index is 0.118. The van der Waals surface area contributed by atoms with Gasteiger partial charge in [-0.15, -0.1) is 0 Å². The zero-order valence-electron chi connectivity index (χ0n) is 13.2. The van der Waals surface area contributed by atoms with Crippen molar-refractivity contribution in [2.75, 3.05) is 11.9 Å². The highest BCUT2D eigenvalue weighted by Gasteiger charge is 2.21. The van der Waals surface area contributed by atoms with Crippen LogP contribution in [0.25, 0.3) is 0 Å². The normalized spacial score (nSPS) is 19.0. The van der Waals surface area contributed by atoms with E-state index in [0.29, 0.717) is 18.9 Å². The minimum atomic E-state index is 0.118. The Hall–Kier alpha value is -1.84. The third-order valence-electron chi connectivity index (χ3n) is 4.82. The van der Waals surface area contributed by atoms with E-state index < -0.39 is 0 Å². The lowest BCUT2D eigenvalue weighted by atomic mass is 9.95. The Labute approximate surface area is 131 Å². The molecule has 0 bridgehead atoms. The standard InChI is InChI=1S/C18H24N2O2/c1-20-16-9-7-13(11-14(16)8-10-18(20)22)12-17(21)19-15-5-3-2-4-6-15/h7,9,11,15H,2-6,8,10,12H2,1H3,(H,19,21). The molecule has 0 radical (unpaired) electrons. The molecule has 0 unspecified atom stereocenters. The van der Waals surface area contributed by atoms with Crippen LogP contribution < -0.4 is 10.2 Å². The molecule has 0 atom stereocenters. The molecule has 1 N–H and O–H groups in total. The number of rotatable bonds is 3. The average Bonchev–Trinajstić information content (AvgIpc) is 2.52. The number of hydrogen-bond acceptors (Lipinski definition) is 2. The highest BCUT2D eigenvalue weighted by atomic mass is 16.2. The van der Waals surface area contributed by atoms with Gasteiger partial charge in [0.15, 0.2) is 0 Å². The average molecular weight is 300 g/mol. The molecule has 0 saturated heterocycles. The second kappa shape index (κ2) is 6.51. The van der Waals surface area contributed by atoms with Crippen molar-refractivity contribution in [3.63, 3.8) is 0 Å². The molecule has 1 heterocycles. The third kappa shape index (κ3) is 3.32. The predicted octanol–water partition coefficient (Wildman–Crippen LogP) is 2.59. The van der Waals surface area contributed by atoms with Crippen LogP contribution in [0.3, 0.4) is 0 Å². The van der Waals surface area contributed by atoms with Crippen molar-refractivity contribution in [1.29, 1.82) is 0 Å². The number of carbonyl (C=O) groups excluding carboxylic acids is 2. The highest BCUT2D eigenvalue weighted by molar-refractivity contribution is 5.96. The van der Waals surface area contributed by atoms with Gasteiger partial charge in [0.25, 0.3) is 0 Å². The molecule has 1 aromatic rings. The Morgan fingerprint density at radius 3 is 2.77 bits per heavy atom. The Morgan fingerprint density at radius 2 is 2.00 bits per heavy atom. The summed E-state index contributed by atoms with van der Waals surface area (Å²) in [6.07, 6.45) is 7.74. The van der Waals surface area contributed by atoms with Crippen LogP contribution in [0, 0.1) is 0 Å².